The molecule has 2 aliphatic carbocycles. The van der Waals surface area contributed by atoms with Crippen molar-refractivity contribution in [2.24, 2.45) is 0 Å². The first-order valence-electron chi connectivity index (χ1n) is 11.9. The lowest BCUT2D eigenvalue weighted by molar-refractivity contribution is 0.0000567. The molecule has 8 heteroatoms. The number of nitrogens with one attached hydrogen (secondary N) is 2. The third kappa shape index (κ3) is 5.20. The molecule has 0 bridgehead atoms. The molecule has 0 unspecified atom stereocenters. The zero-order valence-corrected chi connectivity index (χ0v) is 20.3. The van der Waals surface area contributed by atoms with Gasteiger partial charge in [0, 0.05) is 37.7 Å². The minimum Gasteiger partial charge on any atom is -0.423 e. The number of fused-ring (bicyclic) bond motifs is 1. The Morgan fingerprint density at radius 1 is 1.03 bits per heavy atom. The highest BCUT2D eigenvalue weighted by molar-refractivity contribution is 7.18. The third-order valence-corrected chi connectivity index (χ3v) is 8.45. The molecular formula is C25H30ClN3O3S. The van der Waals surface area contributed by atoms with Crippen LogP contribution in [0.5, 0.6) is 0 Å². The molecule has 2 amide bonds. The van der Waals surface area contributed by atoms with Crippen LogP contribution in [0.1, 0.15) is 65.7 Å². The molecule has 0 spiro atoms. The van der Waals surface area contributed by atoms with Gasteiger partial charge < -0.3 is 10.1 Å². The minimum atomic E-state index is -0.980. The second-order valence-corrected chi connectivity index (χ2v) is 11.1. The van der Waals surface area contributed by atoms with Gasteiger partial charge in [0.15, 0.2) is 5.72 Å². The van der Waals surface area contributed by atoms with Crippen molar-refractivity contribution in [2.45, 2.75) is 69.6 Å². The summed E-state index contributed by atoms with van der Waals surface area (Å²) in [6.07, 6.45) is 8.53. The van der Waals surface area contributed by atoms with E-state index in [1.54, 1.807) is 12.1 Å². The van der Waals surface area contributed by atoms with Crippen LogP contribution in [0.3, 0.4) is 0 Å². The van der Waals surface area contributed by atoms with Crippen molar-refractivity contribution >= 4 is 40.6 Å². The van der Waals surface area contributed by atoms with E-state index in [4.69, 9.17) is 16.3 Å². The van der Waals surface area contributed by atoms with Crippen molar-refractivity contribution in [1.82, 2.24) is 10.2 Å². The molecule has 2 aromatic rings. The van der Waals surface area contributed by atoms with E-state index in [1.165, 1.54) is 41.7 Å². The lowest BCUT2D eigenvalue weighted by Crippen LogP contribution is -2.50. The molecule has 6 nitrogen and oxygen atoms in total. The third-order valence-electron chi connectivity index (χ3n) is 7.22. The number of anilines is 1. The maximum atomic E-state index is 12.8. The van der Waals surface area contributed by atoms with E-state index in [0.717, 1.165) is 50.5 Å². The fraction of sp³-hybridized carbons (Fsp3) is 0.520. The number of carbonyl (C=O) groups excluding carboxylic acids is 2. The summed E-state index contributed by atoms with van der Waals surface area (Å²) >= 11 is 7.18. The van der Waals surface area contributed by atoms with Crippen LogP contribution in [0.2, 0.25) is 4.34 Å². The van der Waals surface area contributed by atoms with Crippen LogP contribution in [0, 0.1) is 0 Å². The number of benzene rings is 1. The lowest BCUT2D eigenvalue weighted by Gasteiger charge is -2.36. The van der Waals surface area contributed by atoms with Gasteiger partial charge in [0.2, 0.25) is 0 Å². The Labute approximate surface area is 203 Å². The van der Waals surface area contributed by atoms with Crippen molar-refractivity contribution in [3.05, 3.63) is 50.7 Å². The first kappa shape index (κ1) is 22.7. The molecule has 0 saturated heterocycles. The van der Waals surface area contributed by atoms with Crippen LogP contribution in [0.4, 0.5) is 10.5 Å². The molecule has 5 rings (SSSR count). The van der Waals surface area contributed by atoms with Gasteiger partial charge in [-0.3, -0.25) is 15.0 Å². The van der Waals surface area contributed by atoms with Gasteiger partial charge in [0.05, 0.1) is 9.21 Å². The van der Waals surface area contributed by atoms with E-state index in [1.807, 2.05) is 6.07 Å². The van der Waals surface area contributed by atoms with Gasteiger partial charge in [0.25, 0.3) is 5.91 Å². The molecule has 176 valence electrons. The van der Waals surface area contributed by atoms with E-state index < -0.39 is 11.8 Å². The van der Waals surface area contributed by atoms with E-state index in [2.05, 4.69) is 27.7 Å². The topological polar surface area (TPSA) is 70.7 Å². The minimum absolute atomic E-state index is 0.261. The Balaban J connectivity index is 1.22. The highest BCUT2D eigenvalue weighted by atomic mass is 35.5. The number of hydrogen-bond donors (Lipinski definition) is 2. The molecular weight excluding hydrogens is 458 g/mol. The quantitative estimate of drug-likeness (QED) is 0.538. The van der Waals surface area contributed by atoms with Crippen LogP contribution >= 0.6 is 22.9 Å². The van der Waals surface area contributed by atoms with E-state index in [0.29, 0.717) is 22.1 Å². The van der Waals surface area contributed by atoms with E-state index in [-0.39, 0.29) is 5.91 Å². The van der Waals surface area contributed by atoms with Crippen molar-refractivity contribution in [3.8, 4) is 0 Å². The summed E-state index contributed by atoms with van der Waals surface area (Å²) in [6.45, 7) is 2.19. The van der Waals surface area contributed by atoms with Crippen LogP contribution < -0.4 is 10.6 Å². The van der Waals surface area contributed by atoms with Gasteiger partial charge in [-0.2, -0.15) is 0 Å². The Hall–Kier alpha value is -2.09. The van der Waals surface area contributed by atoms with Crippen LogP contribution in [0.15, 0.2) is 30.3 Å². The monoisotopic (exact) mass is 487 g/mol. The Bertz CT molecular complexity index is 1030. The molecule has 1 aromatic heterocycles. The second-order valence-electron chi connectivity index (χ2n) is 9.38. The number of amides is 2. The summed E-state index contributed by atoms with van der Waals surface area (Å²) in [6, 6.07) is 10.3. The highest BCUT2D eigenvalue weighted by Crippen LogP contribution is 2.33. The fourth-order valence-electron chi connectivity index (χ4n) is 5.16. The molecule has 3 aliphatic rings. The largest absolute Gasteiger partial charge is 0.423 e. The lowest BCUT2D eigenvalue weighted by atomic mass is 9.91. The summed E-state index contributed by atoms with van der Waals surface area (Å²) in [5.74, 6) is -0.261. The predicted molar refractivity (Wildman–Crippen MR) is 131 cm³/mol. The molecule has 2 N–H and O–H groups in total. The summed E-state index contributed by atoms with van der Waals surface area (Å²) in [5, 5.41) is 5.84. The van der Waals surface area contributed by atoms with Gasteiger partial charge in [0.1, 0.15) is 0 Å². The maximum Gasteiger partial charge on any atom is 0.413 e. The molecule has 2 heterocycles. The van der Waals surface area contributed by atoms with Crippen LogP contribution in [-0.2, 0) is 17.6 Å². The Morgan fingerprint density at radius 3 is 2.45 bits per heavy atom. The zero-order valence-electron chi connectivity index (χ0n) is 18.7. The summed E-state index contributed by atoms with van der Waals surface area (Å²) in [5.41, 5.74) is 2.42. The first-order valence-corrected chi connectivity index (χ1v) is 13.1. The Morgan fingerprint density at radius 2 is 1.79 bits per heavy atom. The van der Waals surface area contributed by atoms with Gasteiger partial charge in [-0.05, 0) is 73.9 Å². The molecule has 2 fully saturated rings. The van der Waals surface area contributed by atoms with Gasteiger partial charge in [-0.1, -0.05) is 24.1 Å². The SMILES string of the molecule is O=C(Nc1ccc2c(c1)CCN(C1CCC1)CC2)OC1(NC(=O)c2ccc(Cl)s2)CCCC1. The zero-order chi connectivity index (χ0) is 22.8. The van der Waals surface area contributed by atoms with Crippen molar-refractivity contribution in [1.29, 1.82) is 0 Å². The standard InChI is InChI=1S/C25H30ClN3O3S/c26-22-9-8-21(33-22)23(30)28-25(12-1-2-13-25)32-24(31)27-19-7-6-17-10-14-29(20-4-3-5-20)15-11-18(17)16-19/h6-9,16,20H,1-5,10-15H2,(H,27,31)(H,28,30). The number of hydrogen-bond acceptors (Lipinski definition) is 5. The smallest absolute Gasteiger partial charge is 0.413 e. The maximum absolute atomic E-state index is 12.8. The molecule has 0 atom stereocenters. The molecule has 33 heavy (non-hydrogen) atoms. The normalized spacial score (nSPS) is 20.4. The number of nitrogens with zero attached hydrogens (tertiary/aromatic N) is 1. The van der Waals surface area contributed by atoms with Crippen molar-refractivity contribution in [2.75, 3.05) is 18.4 Å². The van der Waals surface area contributed by atoms with Gasteiger partial charge in [-0.25, -0.2) is 4.79 Å². The predicted octanol–water partition coefficient (Wildman–Crippen LogP) is 5.60. The highest BCUT2D eigenvalue weighted by Gasteiger charge is 2.40. The number of thiophene rings is 1. The number of carbonyl (C=O) groups is 2. The average Bonchev–Trinajstić information content (AvgIpc) is 3.33. The fourth-order valence-corrected chi connectivity index (χ4v) is 6.10. The number of rotatable bonds is 5. The van der Waals surface area contributed by atoms with Crippen LogP contribution in [-0.4, -0.2) is 41.8 Å². The Kier molecular flexibility index (Phi) is 6.63. The first-order chi connectivity index (χ1) is 16.0. The van der Waals surface area contributed by atoms with E-state index in [9.17, 15) is 9.59 Å². The van der Waals surface area contributed by atoms with Gasteiger partial charge >= 0.3 is 6.09 Å². The number of halogens is 1. The van der Waals surface area contributed by atoms with Crippen LogP contribution in [0.25, 0.3) is 0 Å². The summed E-state index contributed by atoms with van der Waals surface area (Å²) in [7, 11) is 0. The summed E-state index contributed by atoms with van der Waals surface area (Å²) in [4.78, 5) is 28.6. The number of ether oxygens (including phenoxy) is 1. The molecule has 1 aromatic carbocycles. The van der Waals surface area contributed by atoms with Crippen molar-refractivity contribution in [3.63, 3.8) is 0 Å². The van der Waals surface area contributed by atoms with E-state index >= 15 is 0 Å². The van der Waals surface area contributed by atoms with Crippen molar-refractivity contribution < 1.29 is 14.3 Å². The molecule has 1 aliphatic heterocycles. The second kappa shape index (κ2) is 9.65. The average molecular weight is 488 g/mol. The summed E-state index contributed by atoms with van der Waals surface area (Å²) < 4.78 is 6.38. The van der Waals surface area contributed by atoms with Gasteiger partial charge in [-0.15, -0.1) is 11.3 Å². The molecule has 0 radical (unpaired) electrons. The molecule has 2 saturated carbocycles.